The first kappa shape index (κ1) is 12.1. The molecular weight excluding hydrogens is 239 g/mol. The highest BCUT2D eigenvalue weighted by atomic mass is 32.2. The van der Waals surface area contributed by atoms with Crippen LogP contribution in [0.2, 0.25) is 0 Å². The van der Waals surface area contributed by atoms with Gasteiger partial charge in [0.1, 0.15) is 11.9 Å². The molecule has 1 atom stereocenters. The molecule has 2 rings (SSSR count). The van der Waals surface area contributed by atoms with E-state index in [4.69, 9.17) is 0 Å². The zero-order valence-electron chi connectivity index (χ0n) is 9.38. The average molecular weight is 252 g/mol. The van der Waals surface area contributed by atoms with Crippen LogP contribution in [0.1, 0.15) is 11.8 Å². The van der Waals surface area contributed by atoms with Crippen LogP contribution in [0.4, 0.5) is 4.39 Å². The molecule has 1 unspecified atom stereocenters. The fourth-order valence-electron chi connectivity index (χ4n) is 1.43. The number of aliphatic hydroxyl groups is 1. The van der Waals surface area contributed by atoms with E-state index in [1.165, 1.54) is 23.9 Å². The number of benzene rings is 1. The Balaban J connectivity index is 1.94. The summed E-state index contributed by atoms with van der Waals surface area (Å²) < 4.78 is 14.6. The van der Waals surface area contributed by atoms with E-state index in [2.05, 4.69) is 5.10 Å². The molecule has 0 aliphatic carbocycles. The number of aryl methyl sites for hydroxylation is 1. The van der Waals surface area contributed by atoms with Crippen molar-refractivity contribution in [3.8, 4) is 0 Å². The topological polar surface area (TPSA) is 38.0 Å². The monoisotopic (exact) mass is 252 g/mol. The molecule has 0 spiro atoms. The summed E-state index contributed by atoms with van der Waals surface area (Å²) in [5.41, 5.74) is 0.636. The number of aliphatic hydroxyl groups excluding tert-OH is 1. The summed E-state index contributed by atoms with van der Waals surface area (Å²) in [6, 6.07) is 8.11. The molecule has 0 radical (unpaired) electrons. The minimum Gasteiger partial charge on any atom is -0.386 e. The van der Waals surface area contributed by atoms with Gasteiger partial charge in [0.15, 0.2) is 0 Å². The second-order valence-electron chi connectivity index (χ2n) is 3.70. The maximum Gasteiger partial charge on any atom is 0.124 e. The molecule has 3 nitrogen and oxygen atoms in total. The van der Waals surface area contributed by atoms with E-state index >= 15 is 0 Å². The van der Waals surface area contributed by atoms with Gasteiger partial charge < -0.3 is 5.11 Å². The van der Waals surface area contributed by atoms with Crippen molar-refractivity contribution in [2.45, 2.75) is 11.0 Å². The van der Waals surface area contributed by atoms with Crippen LogP contribution in [-0.2, 0) is 7.05 Å². The van der Waals surface area contributed by atoms with Gasteiger partial charge in [-0.05, 0) is 24.3 Å². The molecule has 0 amide bonds. The van der Waals surface area contributed by atoms with Gasteiger partial charge >= 0.3 is 0 Å². The van der Waals surface area contributed by atoms with E-state index in [9.17, 15) is 9.50 Å². The summed E-state index contributed by atoms with van der Waals surface area (Å²) in [5, 5.41) is 14.0. The van der Waals surface area contributed by atoms with Crippen LogP contribution < -0.4 is 0 Å². The van der Waals surface area contributed by atoms with Crippen LogP contribution in [-0.4, -0.2) is 20.6 Å². The van der Waals surface area contributed by atoms with Crippen molar-refractivity contribution in [2.75, 3.05) is 5.75 Å². The maximum absolute atomic E-state index is 12.9. The first-order valence-electron chi connectivity index (χ1n) is 5.21. The first-order chi connectivity index (χ1) is 8.15. The lowest BCUT2D eigenvalue weighted by atomic mass is 10.3. The zero-order chi connectivity index (χ0) is 12.3. The van der Waals surface area contributed by atoms with E-state index in [0.29, 0.717) is 11.4 Å². The van der Waals surface area contributed by atoms with Crippen LogP contribution in [0.5, 0.6) is 0 Å². The molecule has 0 aliphatic heterocycles. The first-order valence-corrected chi connectivity index (χ1v) is 6.19. The molecule has 1 aromatic carbocycles. The van der Waals surface area contributed by atoms with Crippen molar-refractivity contribution >= 4 is 11.8 Å². The van der Waals surface area contributed by atoms with E-state index in [-0.39, 0.29) is 5.82 Å². The van der Waals surface area contributed by atoms with Gasteiger partial charge in [-0.2, -0.15) is 5.10 Å². The Bertz CT molecular complexity index is 501. The molecular formula is C12H13FN2OS. The minimum absolute atomic E-state index is 0.262. The highest BCUT2D eigenvalue weighted by Crippen LogP contribution is 2.24. The van der Waals surface area contributed by atoms with Crippen molar-refractivity contribution in [3.05, 3.63) is 48.0 Å². The Labute approximate surface area is 103 Å². The van der Waals surface area contributed by atoms with Gasteiger partial charge in [-0.1, -0.05) is 6.07 Å². The maximum atomic E-state index is 12.9. The second-order valence-corrected chi connectivity index (χ2v) is 4.79. The van der Waals surface area contributed by atoms with Gasteiger partial charge in [0.25, 0.3) is 0 Å². The molecule has 90 valence electrons. The third-order valence-electron chi connectivity index (χ3n) is 2.28. The van der Waals surface area contributed by atoms with E-state index in [0.717, 1.165) is 4.90 Å². The Morgan fingerprint density at radius 1 is 1.47 bits per heavy atom. The van der Waals surface area contributed by atoms with Crippen molar-refractivity contribution in [1.29, 1.82) is 0 Å². The van der Waals surface area contributed by atoms with Crippen LogP contribution in [0.15, 0.2) is 41.4 Å². The van der Waals surface area contributed by atoms with Gasteiger partial charge in [0, 0.05) is 23.9 Å². The number of aromatic nitrogens is 2. The van der Waals surface area contributed by atoms with Gasteiger partial charge in [-0.25, -0.2) is 4.39 Å². The Morgan fingerprint density at radius 2 is 2.29 bits per heavy atom. The van der Waals surface area contributed by atoms with E-state index in [1.807, 2.05) is 6.07 Å². The lowest BCUT2D eigenvalue weighted by Gasteiger charge is -2.07. The molecule has 0 saturated heterocycles. The average Bonchev–Trinajstić information content (AvgIpc) is 2.73. The number of nitrogens with zero attached hydrogens (tertiary/aromatic N) is 2. The molecule has 1 heterocycles. The number of rotatable bonds is 4. The van der Waals surface area contributed by atoms with Gasteiger partial charge in [-0.3, -0.25) is 4.68 Å². The van der Waals surface area contributed by atoms with Crippen LogP contribution in [0.25, 0.3) is 0 Å². The molecule has 1 N–H and O–H groups in total. The summed E-state index contributed by atoms with van der Waals surface area (Å²) in [6.45, 7) is 0. The van der Waals surface area contributed by atoms with Crippen molar-refractivity contribution in [2.24, 2.45) is 7.05 Å². The SMILES string of the molecule is Cn1ccc(C(O)CSc2cccc(F)c2)n1. The van der Waals surface area contributed by atoms with E-state index in [1.54, 1.807) is 30.1 Å². The van der Waals surface area contributed by atoms with Crippen molar-refractivity contribution in [3.63, 3.8) is 0 Å². The third kappa shape index (κ3) is 3.31. The standard InChI is InChI=1S/C12H13FN2OS/c1-15-6-5-11(14-15)12(16)8-17-10-4-2-3-9(13)7-10/h2-7,12,16H,8H2,1H3. The molecule has 17 heavy (non-hydrogen) atoms. The lowest BCUT2D eigenvalue weighted by Crippen LogP contribution is -2.02. The predicted octanol–water partition coefficient (Wildman–Crippen LogP) is 2.38. The summed E-state index contributed by atoms with van der Waals surface area (Å²) in [5.74, 6) is 0.197. The van der Waals surface area contributed by atoms with Gasteiger partial charge in [0.2, 0.25) is 0 Å². The molecule has 2 aromatic rings. The molecule has 5 heteroatoms. The normalized spacial score (nSPS) is 12.6. The Hall–Kier alpha value is -1.33. The van der Waals surface area contributed by atoms with Gasteiger partial charge in [-0.15, -0.1) is 11.8 Å². The zero-order valence-corrected chi connectivity index (χ0v) is 10.2. The summed E-state index contributed by atoms with van der Waals surface area (Å²) in [7, 11) is 1.80. The van der Waals surface area contributed by atoms with Crippen molar-refractivity contribution in [1.82, 2.24) is 9.78 Å². The number of hydrogen-bond donors (Lipinski definition) is 1. The lowest BCUT2D eigenvalue weighted by molar-refractivity contribution is 0.198. The van der Waals surface area contributed by atoms with Gasteiger partial charge in [0.05, 0.1) is 5.69 Å². The Kier molecular flexibility index (Phi) is 3.81. The molecule has 0 bridgehead atoms. The molecule has 1 aromatic heterocycles. The molecule has 0 fully saturated rings. The molecule has 0 aliphatic rings. The number of halogens is 1. The smallest absolute Gasteiger partial charge is 0.124 e. The van der Waals surface area contributed by atoms with Crippen LogP contribution >= 0.6 is 11.8 Å². The molecule has 0 saturated carbocycles. The van der Waals surface area contributed by atoms with Crippen LogP contribution in [0, 0.1) is 5.82 Å². The third-order valence-corrected chi connectivity index (χ3v) is 3.35. The highest BCUT2D eigenvalue weighted by Gasteiger charge is 2.10. The summed E-state index contributed by atoms with van der Waals surface area (Å²) >= 11 is 1.41. The largest absolute Gasteiger partial charge is 0.386 e. The fourth-order valence-corrected chi connectivity index (χ4v) is 2.32. The summed E-state index contributed by atoms with van der Waals surface area (Å²) in [4.78, 5) is 0.806. The number of hydrogen-bond acceptors (Lipinski definition) is 3. The fraction of sp³-hybridized carbons (Fsp3) is 0.250. The summed E-state index contributed by atoms with van der Waals surface area (Å²) in [6.07, 6.45) is 1.15. The quantitative estimate of drug-likeness (QED) is 0.849. The Morgan fingerprint density at radius 3 is 2.94 bits per heavy atom. The van der Waals surface area contributed by atoms with Crippen LogP contribution in [0.3, 0.4) is 0 Å². The second kappa shape index (κ2) is 5.33. The van der Waals surface area contributed by atoms with Crippen molar-refractivity contribution < 1.29 is 9.50 Å². The minimum atomic E-state index is -0.635. The highest BCUT2D eigenvalue weighted by molar-refractivity contribution is 7.99. The van der Waals surface area contributed by atoms with E-state index < -0.39 is 6.10 Å². The predicted molar refractivity (Wildman–Crippen MR) is 65.3 cm³/mol. The number of thioether (sulfide) groups is 1.